The van der Waals surface area contributed by atoms with Crippen LogP contribution in [0.15, 0.2) is 35.4 Å². The summed E-state index contributed by atoms with van der Waals surface area (Å²) in [6.07, 6.45) is -2.86. The number of allylic oxidation sites excluding steroid dienone is 1. The second kappa shape index (κ2) is 7.80. The van der Waals surface area contributed by atoms with Crippen LogP contribution in [0, 0.1) is 0 Å². The summed E-state index contributed by atoms with van der Waals surface area (Å²) in [5.41, 5.74) is 1.59. The van der Waals surface area contributed by atoms with Gasteiger partial charge in [0.2, 0.25) is 0 Å². The predicted octanol–water partition coefficient (Wildman–Crippen LogP) is 3.62. The van der Waals surface area contributed by atoms with Crippen molar-refractivity contribution in [2.24, 2.45) is 5.10 Å². The van der Waals surface area contributed by atoms with Crippen molar-refractivity contribution in [3.05, 3.63) is 41.5 Å². The number of nitrogens with zero attached hydrogens (tertiary/aromatic N) is 3. The van der Waals surface area contributed by atoms with Crippen LogP contribution in [0.1, 0.15) is 29.8 Å². The number of benzene rings is 1. The van der Waals surface area contributed by atoms with Crippen LogP contribution < -0.4 is 0 Å². The van der Waals surface area contributed by atoms with Crippen LogP contribution >= 0.6 is 0 Å². The molecule has 0 aromatic heterocycles. The molecule has 7 heteroatoms. The van der Waals surface area contributed by atoms with Crippen LogP contribution in [-0.2, 0) is 0 Å². The number of carbonyl (C=O) groups is 1. The SMILES string of the molecule is C/C=C(/c1cccc(C(=O)N(C)C)c1)N(CC)/N=C/C(F)(F)F. The second-order valence-electron chi connectivity index (χ2n) is 4.96. The molecule has 0 heterocycles. The second-order valence-corrected chi connectivity index (χ2v) is 4.96. The average molecular weight is 327 g/mol. The first kappa shape index (κ1) is 18.7. The maximum atomic E-state index is 12.3. The minimum absolute atomic E-state index is 0.0468. The number of hydrazone groups is 1. The molecule has 0 bridgehead atoms. The molecule has 0 saturated heterocycles. The summed E-state index contributed by atoms with van der Waals surface area (Å²) >= 11 is 0. The molecule has 1 aromatic rings. The highest BCUT2D eigenvalue weighted by Crippen LogP contribution is 2.22. The first-order chi connectivity index (χ1) is 10.7. The third-order valence-corrected chi connectivity index (χ3v) is 3.01. The molecular weight excluding hydrogens is 307 g/mol. The quantitative estimate of drug-likeness (QED) is 0.612. The van der Waals surface area contributed by atoms with Crippen molar-refractivity contribution in [3.63, 3.8) is 0 Å². The van der Waals surface area contributed by atoms with E-state index >= 15 is 0 Å². The lowest BCUT2D eigenvalue weighted by Crippen LogP contribution is -2.22. The Morgan fingerprint density at radius 2 is 1.87 bits per heavy atom. The summed E-state index contributed by atoms with van der Waals surface area (Å²) in [6, 6.07) is 6.72. The van der Waals surface area contributed by atoms with E-state index in [1.165, 1.54) is 9.91 Å². The molecule has 0 unspecified atom stereocenters. The Morgan fingerprint density at radius 1 is 1.26 bits per heavy atom. The number of alkyl halides is 3. The summed E-state index contributed by atoms with van der Waals surface area (Å²) < 4.78 is 37.0. The maximum Gasteiger partial charge on any atom is 0.428 e. The lowest BCUT2D eigenvalue weighted by atomic mass is 10.1. The predicted molar refractivity (Wildman–Crippen MR) is 85.0 cm³/mol. The van der Waals surface area contributed by atoms with Crippen molar-refractivity contribution in [1.29, 1.82) is 0 Å². The number of hydrogen-bond donors (Lipinski definition) is 0. The molecule has 1 aromatic carbocycles. The summed E-state index contributed by atoms with van der Waals surface area (Å²) in [4.78, 5) is 13.5. The third-order valence-electron chi connectivity index (χ3n) is 3.01. The number of carbonyl (C=O) groups excluding carboxylic acids is 1. The highest BCUT2D eigenvalue weighted by atomic mass is 19.4. The van der Waals surface area contributed by atoms with E-state index in [0.717, 1.165) is 0 Å². The molecule has 0 aliphatic rings. The minimum atomic E-state index is -4.48. The molecule has 0 radical (unpaired) electrons. The van der Waals surface area contributed by atoms with Gasteiger partial charge in [-0.05, 0) is 26.0 Å². The molecule has 0 aliphatic heterocycles. The molecule has 0 aliphatic carbocycles. The lowest BCUT2D eigenvalue weighted by molar-refractivity contribution is -0.0544. The van der Waals surface area contributed by atoms with E-state index < -0.39 is 6.18 Å². The van der Waals surface area contributed by atoms with Crippen molar-refractivity contribution >= 4 is 17.8 Å². The Hall–Kier alpha value is -2.31. The summed E-state index contributed by atoms with van der Waals surface area (Å²) in [5, 5.41) is 4.73. The Bertz CT molecular complexity index is 607. The molecule has 0 N–H and O–H groups in total. The zero-order valence-electron chi connectivity index (χ0n) is 13.6. The molecule has 0 atom stereocenters. The van der Waals surface area contributed by atoms with Gasteiger partial charge >= 0.3 is 6.18 Å². The molecule has 0 saturated carbocycles. The summed E-state index contributed by atoms with van der Waals surface area (Å²) in [5.74, 6) is -0.177. The first-order valence-electron chi connectivity index (χ1n) is 7.07. The summed E-state index contributed by atoms with van der Waals surface area (Å²) in [7, 11) is 3.27. The van der Waals surface area contributed by atoms with Gasteiger partial charge in [0.15, 0.2) is 0 Å². The number of halogens is 3. The van der Waals surface area contributed by atoms with Gasteiger partial charge in [-0.2, -0.15) is 18.3 Å². The van der Waals surface area contributed by atoms with Crippen LogP contribution in [-0.4, -0.2) is 48.8 Å². The van der Waals surface area contributed by atoms with E-state index in [4.69, 9.17) is 0 Å². The smallest absolute Gasteiger partial charge is 0.345 e. The van der Waals surface area contributed by atoms with Gasteiger partial charge in [0.1, 0.15) is 6.21 Å². The molecule has 1 amide bonds. The zero-order valence-corrected chi connectivity index (χ0v) is 13.6. The van der Waals surface area contributed by atoms with Crippen molar-refractivity contribution in [1.82, 2.24) is 9.91 Å². The third kappa shape index (κ3) is 5.43. The van der Waals surface area contributed by atoms with E-state index in [1.807, 2.05) is 0 Å². The maximum absolute atomic E-state index is 12.3. The van der Waals surface area contributed by atoms with Crippen LogP contribution in [0.4, 0.5) is 13.2 Å². The fourth-order valence-electron chi connectivity index (χ4n) is 1.98. The Balaban J connectivity index is 3.17. The van der Waals surface area contributed by atoms with Crippen LogP contribution in [0.25, 0.3) is 5.70 Å². The standard InChI is InChI=1S/C16H20F3N3O/c1-5-14(22(6-2)20-11-16(17,18)19)12-8-7-9-13(10-12)15(23)21(3)4/h5,7-11H,6H2,1-4H3/b14-5-,20-11+. The minimum Gasteiger partial charge on any atom is -0.345 e. The average Bonchev–Trinajstić information content (AvgIpc) is 2.49. The van der Waals surface area contributed by atoms with E-state index in [2.05, 4.69) is 5.10 Å². The normalized spacial score (nSPS) is 12.6. The van der Waals surface area contributed by atoms with Gasteiger partial charge in [-0.25, -0.2) is 0 Å². The fourth-order valence-corrected chi connectivity index (χ4v) is 1.98. The van der Waals surface area contributed by atoms with Crippen molar-refractivity contribution in [2.45, 2.75) is 20.0 Å². The highest BCUT2D eigenvalue weighted by molar-refractivity contribution is 5.94. The lowest BCUT2D eigenvalue weighted by Gasteiger charge is -2.21. The van der Waals surface area contributed by atoms with Gasteiger partial charge in [0.05, 0.1) is 5.70 Å². The molecule has 0 spiro atoms. The van der Waals surface area contributed by atoms with E-state index in [0.29, 0.717) is 16.8 Å². The Kier molecular flexibility index (Phi) is 6.36. The Labute approximate surface area is 133 Å². The zero-order chi connectivity index (χ0) is 17.6. The van der Waals surface area contributed by atoms with Crippen LogP contribution in [0.3, 0.4) is 0 Å². The monoisotopic (exact) mass is 327 g/mol. The number of hydrogen-bond acceptors (Lipinski definition) is 3. The first-order valence-corrected chi connectivity index (χ1v) is 7.07. The molecule has 4 nitrogen and oxygen atoms in total. The van der Waals surface area contributed by atoms with Gasteiger partial charge in [0, 0.05) is 31.8 Å². The van der Waals surface area contributed by atoms with Gasteiger partial charge in [-0.1, -0.05) is 18.2 Å². The van der Waals surface area contributed by atoms with Gasteiger partial charge in [-0.15, -0.1) is 0 Å². The number of rotatable bonds is 5. The van der Waals surface area contributed by atoms with E-state index in [1.54, 1.807) is 58.3 Å². The van der Waals surface area contributed by atoms with E-state index in [9.17, 15) is 18.0 Å². The van der Waals surface area contributed by atoms with Crippen molar-refractivity contribution in [3.8, 4) is 0 Å². The molecule has 126 valence electrons. The number of amides is 1. The molecular formula is C16H20F3N3O. The Morgan fingerprint density at radius 3 is 2.35 bits per heavy atom. The highest BCUT2D eigenvalue weighted by Gasteiger charge is 2.24. The molecule has 1 rings (SSSR count). The van der Waals surface area contributed by atoms with Crippen LogP contribution in [0.2, 0.25) is 0 Å². The van der Waals surface area contributed by atoms with E-state index in [-0.39, 0.29) is 18.7 Å². The van der Waals surface area contributed by atoms with Crippen molar-refractivity contribution < 1.29 is 18.0 Å². The largest absolute Gasteiger partial charge is 0.428 e. The van der Waals surface area contributed by atoms with Crippen molar-refractivity contribution in [2.75, 3.05) is 20.6 Å². The summed E-state index contributed by atoms with van der Waals surface area (Å²) in [6.45, 7) is 3.67. The molecule has 0 fully saturated rings. The topological polar surface area (TPSA) is 35.9 Å². The van der Waals surface area contributed by atoms with Crippen LogP contribution in [0.5, 0.6) is 0 Å². The van der Waals surface area contributed by atoms with Gasteiger partial charge < -0.3 is 4.90 Å². The van der Waals surface area contributed by atoms with Gasteiger partial charge in [-0.3, -0.25) is 9.80 Å². The fraction of sp³-hybridized carbons (Fsp3) is 0.375. The van der Waals surface area contributed by atoms with Gasteiger partial charge in [0.25, 0.3) is 5.91 Å². The molecule has 23 heavy (non-hydrogen) atoms.